The van der Waals surface area contributed by atoms with Gasteiger partial charge in [0.2, 0.25) is 0 Å². The van der Waals surface area contributed by atoms with Crippen molar-refractivity contribution in [1.82, 2.24) is 0 Å². The Balaban J connectivity index is 1.75. The van der Waals surface area contributed by atoms with Gasteiger partial charge in [0, 0.05) is 36.7 Å². The van der Waals surface area contributed by atoms with Gasteiger partial charge in [-0.1, -0.05) is 21.6 Å². The molecule has 0 aliphatic heterocycles. The van der Waals surface area contributed by atoms with Crippen LogP contribution in [0.5, 0.6) is 0 Å². The Labute approximate surface area is 187 Å². The third-order valence-electron chi connectivity index (χ3n) is 3.86. The van der Waals surface area contributed by atoms with Crippen LogP contribution in [-0.4, -0.2) is 44.3 Å². The van der Waals surface area contributed by atoms with Crippen LogP contribution in [0.25, 0.3) is 0 Å². The molecule has 2 rings (SSSR count). The van der Waals surface area contributed by atoms with Gasteiger partial charge in [-0.2, -0.15) is 0 Å². The van der Waals surface area contributed by atoms with Crippen LogP contribution >= 0.6 is 21.6 Å². The van der Waals surface area contributed by atoms with Crippen LogP contribution in [0.3, 0.4) is 0 Å². The number of hydrogen-bond donors (Lipinski definition) is 2. The highest BCUT2D eigenvalue weighted by atomic mass is 33.1. The molecule has 170 valence electrons. The van der Waals surface area contributed by atoms with E-state index in [2.05, 4.69) is 10.6 Å². The van der Waals surface area contributed by atoms with E-state index in [1.54, 1.807) is 0 Å². The minimum Gasteiger partial charge on any atom is -0.379 e. The maximum Gasteiger partial charge on any atom is 0.299 e. The van der Waals surface area contributed by atoms with Crippen LogP contribution < -0.4 is 10.6 Å². The fourth-order valence-corrected chi connectivity index (χ4v) is 4.25. The summed E-state index contributed by atoms with van der Waals surface area (Å²) in [7, 11) is 2.92. The summed E-state index contributed by atoms with van der Waals surface area (Å²) >= 11 is 0. The SMILES string of the molecule is O=[N+]([O-])c1ccc(NCCSSCCNc2ccc([N+](=O)[O-])cc2[N+](=O)[O-])c([N+](=O)[O-])c1. The quantitative estimate of drug-likeness (QED) is 0.178. The number of benzene rings is 2. The Kier molecular flexibility index (Phi) is 8.96. The lowest BCUT2D eigenvalue weighted by Crippen LogP contribution is -2.07. The lowest BCUT2D eigenvalue weighted by Gasteiger charge is -2.08. The zero-order valence-corrected chi connectivity index (χ0v) is 17.8. The van der Waals surface area contributed by atoms with Gasteiger partial charge in [-0.3, -0.25) is 40.5 Å². The summed E-state index contributed by atoms with van der Waals surface area (Å²) in [4.78, 5) is 40.9. The Morgan fingerprint density at radius 1 is 0.625 bits per heavy atom. The molecule has 32 heavy (non-hydrogen) atoms. The average Bonchev–Trinajstić information content (AvgIpc) is 2.75. The van der Waals surface area contributed by atoms with Gasteiger partial charge in [0.1, 0.15) is 11.4 Å². The van der Waals surface area contributed by atoms with Crippen molar-refractivity contribution >= 4 is 55.7 Å². The number of anilines is 2. The average molecular weight is 484 g/mol. The number of hydrogen-bond acceptors (Lipinski definition) is 12. The van der Waals surface area contributed by atoms with Gasteiger partial charge in [0.15, 0.2) is 0 Å². The smallest absolute Gasteiger partial charge is 0.299 e. The molecule has 0 saturated heterocycles. The van der Waals surface area contributed by atoms with Crippen molar-refractivity contribution in [3.8, 4) is 0 Å². The van der Waals surface area contributed by atoms with E-state index in [1.807, 2.05) is 0 Å². The first-order chi connectivity index (χ1) is 15.2. The molecule has 0 saturated carbocycles. The van der Waals surface area contributed by atoms with E-state index < -0.39 is 19.7 Å². The van der Waals surface area contributed by atoms with E-state index >= 15 is 0 Å². The van der Waals surface area contributed by atoms with Crippen LogP contribution in [0, 0.1) is 40.5 Å². The molecule has 16 heteroatoms. The van der Waals surface area contributed by atoms with Crippen LogP contribution in [0.4, 0.5) is 34.1 Å². The van der Waals surface area contributed by atoms with Crippen molar-refractivity contribution < 1.29 is 19.7 Å². The lowest BCUT2D eigenvalue weighted by atomic mass is 10.2. The topological polar surface area (TPSA) is 197 Å². The minimum atomic E-state index is -0.706. The van der Waals surface area contributed by atoms with E-state index in [0.717, 1.165) is 12.1 Å². The molecule has 0 atom stereocenters. The van der Waals surface area contributed by atoms with Crippen LogP contribution in [0.1, 0.15) is 0 Å². The van der Waals surface area contributed by atoms with E-state index in [0.29, 0.717) is 24.6 Å². The van der Waals surface area contributed by atoms with Crippen molar-refractivity contribution in [3.05, 3.63) is 76.9 Å². The molecule has 0 amide bonds. The molecule has 0 fully saturated rings. The van der Waals surface area contributed by atoms with E-state index in [-0.39, 0.29) is 34.1 Å². The third kappa shape index (κ3) is 6.95. The highest BCUT2D eigenvalue weighted by Crippen LogP contribution is 2.30. The standard InChI is InChI=1S/C16H16N6O8S2/c23-19(24)11-1-3-13(15(9-11)21(27)28)17-5-7-31-32-8-6-18-14-4-2-12(20(25)26)10-16(14)22(29)30/h1-4,9-10,17-18H,5-8H2. The van der Waals surface area contributed by atoms with Crippen molar-refractivity contribution in [2.24, 2.45) is 0 Å². The van der Waals surface area contributed by atoms with Gasteiger partial charge in [0.05, 0.1) is 31.8 Å². The zero-order valence-electron chi connectivity index (χ0n) is 16.2. The monoisotopic (exact) mass is 484 g/mol. The fraction of sp³-hybridized carbons (Fsp3) is 0.250. The largest absolute Gasteiger partial charge is 0.379 e. The summed E-state index contributed by atoms with van der Waals surface area (Å²) in [5, 5.41) is 49.4. The van der Waals surface area contributed by atoms with Gasteiger partial charge < -0.3 is 10.6 Å². The van der Waals surface area contributed by atoms with E-state index in [4.69, 9.17) is 0 Å². The minimum absolute atomic E-state index is 0.179. The van der Waals surface area contributed by atoms with Gasteiger partial charge in [-0.05, 0) is 12.1 Å². The number of nitro groups is 4. The van der Waals surface area contributed by atoms with Crippen LogP contribution in [0.15, 0.2) is 36.4 Å². The molecular formula is C16H16N6O8S2. The van der Waals surface area contributed by atoms with Gasteiger partial charge in [0.25, 0.3) is 22.7 Å². The second kappa shape index (κ2) is 11.7. The summed E-state index contributed by atoms with van der Waals surface area (Å²) < 4.78 is 0. The summed E-state index contributed by atoms with van der Waals surface area (Å²) in [6, 6.07) is 6.73. The number of non-ortho nitro benzene ring substituents is 2. The van der Waals surface area contributed by atoms with Crippen LogP contribution in [0.2, 0.25) is 0 Å². The molecular weight excluding hydrogens is 468 g/mol. The molecule has 0 aliphatic carbocycles. The second-order valence-electron chi connectivity index (χ2n) is 5.93. The molecule has 0 aromatic heterocycles. The maximum atomic E-state index is 11.1. The normalized spacial score (nSPS) is 10.4. The highest BCUT2D eigenvalue weighted by Gasteiger charge is 2.20. The molecule has 0 radical (unpaired) electrons. The fourth-order valence-electron chi connectivity index (χ4n) is 2.44. The third-order valence-corrected chi connectivity index (χ3v) is 6.27. The number of nitrogens with one attached hydrogen (secondary N) is 2. The number of rotatable bonds is 13. The highest BCUT2D eigenvalue weighted by molar-refractivity contribution is 8.76. The molecule has 2 aromatic carbocycles. The molecule has 0 aliphatic rings. The summed E-state index contributed by atoms with van der Waals surface area (Å²) in [6.45, 7) is 0.745. The molecule has 2 aromatic rings. The zero-order chi connectivity index (χ0) is 23.7. The van der Waals surface area contributed by atoms with E-state index in [1.165, 1.54) is 45.9 Å². The van der Waals surface area contributed by atoms with Crippen molar-refractivity contribution in [2.45, 2.75) is 0 Å². The van der Waals surface area contributed by atoms with Gasteiger partial charge >= 0.3 is 0 Å². The first-order valence-electron chi connectivity index (χ1n) is 8.78. The van der Waals surface area contributed by atoms with Crippen LogP contribution in [-0.2, 0) is 0 Å². The predicted molar refractivity (Wildman–Crippen MR) is 121 cm³/mol. The summed E-state index contributed by atoms with van der Waals surface area (Å²) in [6.07, 6.45) is 0. The first-order valence-corrected chi connectivity index (χ1v) is 11.3. The Hall–Kier alpha value is -3.66. The Bertz CT molecular complexity index is 956. The van der Waals surface area contributed by atoms with Crippen molar-refractivity contribution in [3.63, 3.8) is 0 Å². The number of nitrogens with zero attached hydrogens (tertiary/aromatic N) is 4. The first kappa shape index (κ1) is 24.6. The van der Waals surface area contributed by atoms with Gasteiger partial charge in [-0.15, -0.1) is 0 Å². The molecule has 2 N–H and O–H groups in total. The molecule has 0 unspecified atom stereocenters. The number of nitro benzene ring substituents is 4. The van der Waals surface area contributed by atoms with E-state index in [9.17, 15) is 40.5 Å². The molecule has 14 nitrogen and oxygen atoms in total. The Morgan fingerprint density at radius 2 is 1.00 bits per heavy atom. The molecule has 0 bridgehead atoms. The van der Waals surface area contributed by atoms with Crippen molar-refractivity contribution in [1.29, 1.82) is 0 Å². The summed E-state index contributed by atoms with van der Waals surface area (Å²) in [5.41, 5.74) is -1.14. The Morgan fingerprint density at radius 3 is 1.31 bits per heavy atom. The van der Waals surface area contributed by atoms with Gasteiger partial charge in [-0.25, -0.2) is 0 Å². The predicted octanol–water partition coefficient (Wildman–Crippen LogP) is 4.22. The maximum absolute atomic E-state index is 11.1. The molecule has 0 heterocycles. The summed E-state index contributed by atoms with van der Waals surface area (Å²) in [5.74, 6) is 1.13. The molecule has 0 spiro atoms. The lowest BCUT2D eigenvalue weighted by molar-refractivity contribution is -0.393. The van der Waals surface area contributed by atoms with Crippen molar-refractivity contribution in [2.75, 3.05) is 35.2 Å². The second-order valence-corrected chi connectivity index (χ2v) is 8.63.